The zero-order valence-electron chi connectivity index (χ0n) is 13.6. The summed E-state index contributed by atoms with van der Waals surface area (Å²) in [5, 5.41) is 7.05. The highest BCUT2D eigenvalue weighted by Crippen LogP contribution is 2.26. The van der Waals surface area contributed by atoms with E-state index < -0.39 is 0 Å². The Morgan fingerprint density at radius 3 is 2.62 bits per heavy atom. The quantitative estimate of drug-likeness (QED) is 0.354. The van der Waals surface area contributed by atoms with Gasteiger partial charge in [-0.15, -0.1) is 11.3 Å². The molecule has 0 saturated heterocycles. The first kappa shape index (κ1) is 16.7. The maximum atomic E-state index is 4.56. The lowest BCUT2D eigenvalue weighted by Crippen LogP contribution is -1.92. The molecule has 0 aliphatic carbocycles. The van der Waals surface area contributed by atoms with Crippen molar-refractivity contribution in [1.82, 2.24) is 14.5 Å². The molecular weight excluding hydrogens is 410 g/mol. The van der Waals surface area contributed by atoms with Gasteiger partial charge in [0.15, 0.2) is 0 Å². The Hall–Kier alpha value is -2.77. The molecule has 1 N–H and O–H groups in total. The van der Waals surface area contributed by atoms with Crippen LogP contribution in [0.1, 0.15) is 5.56 Å². The van der Waals surface area contributed by atoms with Crippen molar-refractivity contribution in [2.45, 2.75) is 0 Å². The molecule has 2 heterocycles. The summed E-state index contributed by atoms with van der Waals surface area (Å²) < 4.78 is 3.01. The van der Waals surface area contributed by atoms with Crippen LogP contribution < -0.4 is 5.43 Å². The minimum atomic E-state index is 0.759. The summed E-state index contributed by atoms with van der Waals surface area (Å²) in [5.41, 5.74) is 7.07. The highest BCUT2D eigenvalue weighted by molar-refractivity contribution is 9.10. The lowest BCUT2D eigenvalue weighted by molar-refractivity contribution is 1.06. The van der Waals surface area contributed by atoms with Gasteiger partial charge < -0.3 is 4.57 Å². The van der Waals surface area contributed by atoms with Gasteiger partial charge in [0.05, 0.1) is 18.2 Å². The van der Waals surface area contributed by atoms with Crippen molar-refractivity contribution in [2.24, 2.45) is 5.10 Å². The van der Waals surface area contributed by atoms with Gasteiger partial charge in [-0.05, 0) is 29.8 Å². The van der Waals surface area contributed by atoms with Crippen LogP contribution in [0.4, 0.5) is 5.13 Å². The molecule has 7 heteroatoms. The molecule has 26 heavy (non-hydrogen) atoms. The van der Waals surface area contributed by atoms with Gasteiger partial charge in [-0.2, -0.15) is 5.10 Å². The maximum Gasteiger partial charge on any atom is 0.203 e. The molecule has 5 nitrogen and oxygen atoms in total. The van der Waals surface area contributed by atoms with Gasteiger partial charge in [0.1, 0.15) is 0 Å². The van der Waals surface area contributed by atoms with Crippen LogP contribution in [0.2, 0.25) is 0 Å². The molecule has 0 spiro atoms. The smallest absolute Gasteiger partial charge is 0.203 e. The van der Waals surface area contributed by atoms with Gasteiger partial charge in [0.25, 0.3) is 0 Å². The fourth-order valence-corrected chi connectivity index (χ4v) is 3.32. The number of aromatic nitrogens is 3. The molecule has 4 aromatic rings. The van der Waals surface area contributed by atoms with Crippen molar-refractivity contribution in [1.29, 1.82) is 0 Å². The van der Waals surface area contributed by atoms with Crippen LogP contribution in [-0.2, 0) is 0 Å². The zero-order valence-corrected chi connectivity index (χ0v) is 16.0. The summed E-state index contributed by atoms with van der Waals surface area (Å²) in [4.78, 5) is 8.61. The number of halogens is 1. The van der Waals surface area contributed by atoms with Crippen molar-refractivity contribution >= 4 is 38.6 Å². The third-order valence-electron chi connectivity index (χ3n) is 3.71. The van der Waals surface area contributed by atoms with E-state index in [1.807, 2.05) is 64.7 Å². The molecule has 0 aliphatic rings. The van der Waals surface area contributed by atoms with Crippen molar-refractivity contribution in [3.8, 4) is 16.9 Å². The van der Waals surface area contributed by atoms with E-state index in [-0.39, 0.29) is 0 Å². The fraction of sp³-hybridized carbons (Fsp3) is 0. The van der Waals surface area contributed by atoms with Gasteiger partial charge in [-0.25, -0.2) is 9.97 Å². The van der Waals surface area contributed by atoms with E-state index in [1.165, 1.54) is 11.3 Å². The van der Waals surface area contributed by atoms with Crippen LogP contribution in [0.25, 0.3) is 16.9 Å². The number of hydrogen-bond donors (Lipinski definition) is 1. The molecule has 0 fully saturated rings. The first-order valence-electron chi connectivity index (χ1n) is 7.87. The first-order valence-corrected chi connectivity index (χ1v) is 9.54. The Morgan fingerprint density at radius 1 is 1.08 bits per heavy atom. The first-order chi connectivity index (χ1) is 12.8. The van der Waals surface area contributed by atoms with Crippen molar-refractivity contribution in [2.75, 3.05) is 5.43 Å². The number of nitrogens with zero attached hydrogens (tertiary/aromatic N) is 4. The minimum absolute atomic E-state index is 0.759. The maximum absolute atomic E-state index is 4.56. The third-order valence-corrected chi connectivity index (χ3v) is 4.99. The monoisotopic (exact) mass is 423 g/mol. The topological polar surface area (TPSA) is 55.1 Å². The van der Waals surface area contributed by atoms with E-state index in [0.717, 1.165) is 32.1 Å². The number of benzene rings is 2. The van der Waals surface area contributed by atoms with E-state index in [9.17, 15) is 0 Å². The standard InChI is InChI=1S/C19H14BrN5S/c20-16-5-3-15(4-6-16)18-12-26-19(23-18)24-22-11-14-1-7-17(8-2-14)25-10-9-21-13-25/h1-13H,(H,23,24)/b22-11+. The highest BCUT2D eigenvalue weighted by Gasteiger charge is 2.03. The van der Waals surface area contributed by atoms with E-state index in [2.05, 4.69) is 36.4 Å². The molecule has 0 saturated carbocycles. The molecular formula is C19H14BrN5S. The van der Waals surface area contributed by atoms with Gasteiger partial charge in [-0.3, -0.25) is 5.43 Å². The Balaban J connectivity index is 1.40. The second-order valence-corrected chi connectivity index (χ2v) is 7.25. The van der Waals surface area contributed by atoms with E-state index >= 15 is 0 Å². The van der Waals surface area contributed by atoms with Crippen LogP contribution in [0, 0.1) is 0 Å². The lowest BCUT2D eigenvalue weighted by Gasteiger charge is -2.01. The van der Waals surface area contributed by atoms with Gasteiger partial charge in [-0.1, -0.05) is 40.2 Å². The third kappa shape index (κ3) is 3.89. The summed E-state index contributed by atoms with van der Waals surface area (Å²) in [7, 11) is 0. The fourth-order valence-electron chi connectivity index (χ4n) is 2.38. The Bertz CT molecular complexity index is 1010. The number of rotatable bonds is 5. The van der Waals surface area contributed by atoms with Crippen molar-refractivity contribution in [3.63, 3.8) is 0 Å². The molecule has 2 aromatic heterocycles. The normalized spacial score (nSPS) is 11.1. The zero-order chi connectivity index (χ0) is 17.8. The molecule has 0 amide bonds. The van der Waals surface area contributed by atoms with Crippen LogP contribution in [0.3, 0.4) is 0 Å². The highest BCUT2D eigenvalue weighted by atomic mass is 79.9. The summed E-state index contributed by atoms with van der Waals surface area (Å²) in [5.74, 6) is 0. The second kappa shape index (κ2) is 7.63. The average molecular weight is 424 g/mol. The number of hydrazone groups is 1. The predicted octanol–water partition coefficient (Wildman–Crippen LogP) is 5.20. The molecule has 0 aliphatic heterocycles. The Labute approximate surface area is 163 Å². The summed E-state index contributed by atoms with van der Waals surface area (Å²) >= 11 is 4.97. The number of nitrogens with one attached hydrogen (secondary N) is 1. The van der Waals surface area contributed by atoms with Crippen LogP contribution >= 0.6 is 27.3 Å². The van der Waals surface area contributed by atoms with Gasteiger partial charge in [0.2, 0.25) is 5.13 Å². The Kier molecular flexibility index (Phi) is 4.90. The second-order valence-electron chi connectivity index (χ2n) is 5.48. The Morgan fingerprint density at radius 2 is 1.88 bits per heavy atom. The molecule has 0 radical (unpaired) electrons. The van der Waals surface area contributed by atoms with Crippen LogP contribution in [0.5, 0.6) is 0 Å². The number of hydrogen-bond acceptors (Lipinski definition) is 5. The van der Waals surface area contributed by atoms with Crippen molar-refractivity contribution < 1.29 is 0 Å². The number of imidazole rings is 1. The number of anilines is 1. The van der Waals surface area contributed by atoms with Gasteiger partial charge >= 0.3 is 0 Å². The molecule has 4 rings (SSSR count). The average Bonchev–Trinajstić information content (AvgIpc) is 3.35. The van der Waals surface area contributed by atoms with Crippen LogP contribution in [-0.4, -0.2) is 20.7 Å². The van der Waals surface area contributed by atoms with E-state index in [0.29, 0.717) is 0 Å². The molecule has 0 bridgehead atoms. The van der Waals surface area contributed by atoms with Crippen LogP contribution in [0.15, 0.2) is 82.2 Å². The summed E-state index contributed by atoms with van der Waals surface area (Å²) in [6.07, 6.45) is 7.22. The number of thiazole rings is 1. The molecule has 128 valence electrons. The van der Waals surface area contributed by atoms with E-state index in [4.69, 9.17) is 0 Å². The lowest BCUT2D eigenvalue weighted by atomic mass is 10.2. The van der Waals surface area contributed by atoms with Crippen molar-refractivity contribution in [3.05, 3.63) is 82.7 Å². The molecule has 0 atom stereocenters. The molecule has 0 unspecified atom stereocenters. The minimum Gasteiger partial charge on any atom is -0.306 e. The predicted molar refractivity (Wildman–Crippen MR) is 110 cm³/mol. The van der Waals surface area contributed by atoms with Gasteiger partial charge in [0, 0.05) is 33.5 Å². The molecule has 2 aromatic carbocycles. The summed E-state index contributed by atoms with van der Waals surface area (Å²) in [6.45, 7) is 0. The van der Waals surface area contributed by atoms with E-state index in [1.54, 1.807) is 18.7 Å². The largest absolute Gasteiger partial charge is 0.306 e. The SMILES string of the molecule is Brc1ccc(-c2csc(N/N=C/c3ccc(-n4ccnc4)cc3)n2)cc1. The summed E-state index contributed by atoms with van der Waals surface area (Å²) in [6, 6.07) is 16.2.